The number of aromatic nitrogens is 2. The average molecular weight is 571 g/mol. The fraction of sp³-hybridized carbons (Fsp3) is 0.370. The summed E-state index contributed by atoms with van der Waals surface area (Å²) in [7, 11) is 0. The van der Waals surface area contributed by atoms with Crippen LogP contribution in [-0.2, 0) is 27.5 Å². The van der Waals surface area contributed by atoms with E-state index in [0.717, 1.165) is 18.4 Å². The van der Waals surface area contributed by atoms with Crippen LogP contribution in [0.4, 0.5) is 10.1 Å². The van der Waals surface area contributed by atoms with Crippen molar-refractivity contribution in [2.75, 3.05) is 12.3 Å². The standard InChI is InChI=1S/C27H28ClFN6O5/c28-20-7-13(18-6-14(18)8-24(38)39)5-15(25(20)29)10-32-22(36)11-34(17-2-3-17)23(37)12-35-21-4-1-16(30)9-19(21)26(33-35)27(31)40/h1,4-5,7,9,14,17-18H,2-3,6,8,10-12,30H2,(H2,31,40)(H,32,36)(H,38,39). The van der Waals surface area contributed by atoms with Gasteiger partial charge in [-0.15, -0.1) is 0 Å². The van der Waals surface area contributed by atoms with Crippen LogP contribution in [0, 0.1) is 11.7 Å². The highest BCUT2D eigenvalue weighted by molar-refractivity contribution is 6.30. The molecule has 2 aliphatic carbocycles. The van der Waals surface area contributed by atoms with Crippen LogP contribution in [0.5, 0.6) is 0 Å². The number of hydrogen-bond donors (Lipinski definition) is 4. The Morgan fingerprint density at radius 3 is 2.62 bits per heavy atom. The highest BCUT2D eigenvalue weighted by Crippen LogP contribution is 2.50. The van der Waals surface area contributed by atoms with Crippen LogP contribution in [0.15, 0.2) is 30.3 Å². The van der Waals surface area contributed by atoms with Gasteiger partial charge in [0, 0.05) is 35.6 Å². The van der Waals surface area contributed by atoms with Crippen molar-refractivity contribution in [3.8, 4) is 0 Å². The third-order valence-corrected chi connectivity index (χ3v) is 7.58. The summed E-state index contributed by atoms with van der Waals surface area (Å²) in [6, 6.07) is 7.82. The van der Waals surface area contributed by atoms with Crippen LogP contribution in [0.2, 0.25) is 5.02 Å². The molecule has 0 bridgehead atoms. The van der Waals surface area contributed by atoms with Gasteiger partial charge in [0.25, 0.3) is 5.91 Å². The van der Waals surface area contributed by atoms with Gasteiger partial charge >= 0.3 is 5.97 Å². The molecule has 5 rings (SSSR count). The van der Waals surface area contributed by atoms with E-state index in [1.807, 2.05) is 0 Å². The van der Waals surface area contributed by atoms with Crippen molar-refractivity contribution in [3.63, 3.8) is 0 Å². The Labute approximate surface area is 233 Å². The molecule has 2 fully saturated rings. The van der Waals surface area contributed by atoms with Gasteiger partial charge in [-0.25, -0.2) is 4.39 Å². The molecule has 0 radical (unpaired) electrons. The van der Waals surface area contributed by atoms with E-state index in [2.05, 4.69) is 10.4 Å². The Kier molecular flexibility index (Phi) is 7.37. The lowest BCUT2D eigenvalue weighted by molar-refractivity contribution is -0.137. The number of carbonyl (C=O) groups is 4. The molecule has 0 spiro atoms. The fourth-order valence-electron chi connectivity index (χ4n) is 5.05. The molecule has 210 valence electrons. The molecule has 1 heterocycles. The van der Waals surface area contributed by atoms with Crippen LogP contribution in [0.1, 0.15) is 53.2 Å². The topological polar surface area (TPSA) is 174 Å². The smallest absolute Gasteiger partial charge is 0.303 e. The lowest BCUT2D eigenvalue weighted by Crippen LogP contribution is -2.43. The summed E-state index contributed by atoms with van der Waals surface area (Å²) in [5.74, 6) is -3.19. The van der Waals surface area contributed by atoms with Crippen molar-refractivity contribution in [1.29, 1.82) is 0 Å². The number of fused-ring (bicyclic) bond motifs is 1. The second kappa shape index (κ2) is 10.8. The number of rotatable bonds is 11. The summed E-state index contributed by atoms with van der Waals surface area (Å²) in [4.78, 5) is 50.4. The number of hydrogen-bond acceptors (Lipinski definition) is 6. The van der Waals surface area contributed by atoms with Crippen molar-refractivity contribution in [2.45, 2.75) is 50.7 Å². The zero-order valence-corrected chi connectivity index (χ0v) is 22.2. The van der Waals surface area contributed by atoms with Crippen LogP contribution in [-0.4, -0.2) is 56.1 Å². The fourth-order valence-corrected chi connectivity index (χ4v) is 5.29. The van der Waals surface area contributed by atoms with Gasteiger partial charge in [-0.3, -0.25) is 23.9 Å². The van der Waals surface area contributed by atoms with Gasteiger partial charge in [-0.1, -0.05) is 17.7 Å². The van der Waals surface area contributed by atoms with Crippen molar-refractivity contribution in [3.05, 3.63) is 58.0 Å². The molecule has 13 heteroatoms. The Hall–Kier alpha value is -4.19. The average Bonchev–Trinajstić information content (AvgIpc) is 3.81. The largest absolute Gasteiger partial charge is 0.481 e. The predicted molar refractivity (Wildman–Crippen MR) is 144 cm³/mol. The van der Waals surface area contributed by atoms with E-state index in [9.17, 15) is 23.6 Å². The Bertz CT molecular complexity index is 1540. The minimum Gasteiger partial charge on any atom is -0.481 e. The second-order valence-electron chi connectivity index (χ2n) is 10.4. The summed E-state index contributed by atoms with van der Waals surface area (Å²) >= 11 is 6.08. The first-order valence-corrected chi connectivity index (χ1v) is 13.2. The zero-order valence-electron chi connectivity index (χ0n) is 21.4. The van der Waals surface area contributed by atoms with Gasteiger partial charge in [0.1, 0.15) is 12.4 Å². The van der Waals surface area contributed by atoms with Gasteiger partial charge in [0.05, 0.1) is 17.1 Å². The van der Waals surface area contributed by atoms with Crippen molar-refractivity contribution in [1.82, 2.24) is 20.0 Å². The minimum atomic E-state index is -0.887. The van der Waals surface area contributed by atoms with E-state index < -0.39 is 23.6 Å². The van der Waals surface area contributed by atoms with Crippen LogP contribution in [0.3, 0.4) is 0 Å². The van der Waals surface area contributed by atoms with Crippen LogP contribution >= 0.6 is 11.6 Å². The zero-order chi connectivity index (χ0) is 28.7. The van der Waals surface area contributed by atoms with E-state index in [0.29, 0.717) is 23.0 Å². The maximum atomic E-state index is 14.7. The normalized spacial score (nSPS) is 17.9. The molecule has 2 aliphatic rings. The van der Waals surface area contributed by atoms with Gasteiger partial charge in [-0.2, -0.15) is 5.10 Å². The number of nitrogens with one attached hydrogen (secondary N) is 1. The summed E-state index contributed by atoms with van der Waals surface area (Å²) in [5.41, 5.74) is 13.1. The third-order valence-electron chi connectivity index (χ3n) is 7.30. The number of aliphatic carboxylic acids is 1. The lowest BCUT2D eigenvalue weighted by Gasteiger charge is -2.22. The molecule has 3 aromatic rings. The van der Waals surface area contributed by atoms with E-state index in [1.54, 1.807) is 24.3 Å². The molecular formula is C27H28ClFN6O5. The maximum Gasteiger partial charge on any atom is 0.303 e. The number of carboxylic acid groups (broad SMARTS) is 1. The second-order valence-corrected chi connectivity index (χ2v) is 10.8. The highest BCUT2D eigenvalue weighted by atomic mass is 35.5. The Morgan fingerprint density at radius 1 is 1.20 bits per heavy atom. The first kappa shape index (κ1) is 27.4. The number of anilines is 1. The minimum absolute atomic E-state index is 0.00536. The SMILES string of the molecule is NC(=O)c1nn(CC(=O)N(CC(=O)NCc2cc(C3CC3CC(=O)O)cc(Cl)c2F)C2CC2)c2ccc(N)cc12. The molecule has 11 nitrogen and oxygen atoms in total. The van der Waals surface area contributed by atoms with Crippen molar-refractivity contribution in [2.24, 2.45) is 11.7 Å². The number of benzene rings is 2. The Balaban J connectivity index is 1.25. The number of amides is 3. The van der Waals surface area contributed by atoms with Gasteiger partial charge in [0.15, 0.2) is 5.69 Å². The molecule has 40 heavy (non-hydrogen) atoms. The summed E-state index contributed by atoms with van der Waals surface area (Å²) in [6.45, 7) is -0.603. The number of carboxylic acids is 1. The lowest BCUT2D eigenvalue weighted by atomic mass is 10.0. The van der Waals surface area contributed by atoms with E-state index in [1.165, 1.54) is 15.6 Å². The first-order chi connectivity index (χ1) is 19.0. The van der Waals surface area contributed by atoms with Gasteiger partial charge < -0.3 is 26.8 Å². The Morgan fingerprint density at radius 2 is 1.95 bits per heavy atom. The third kappa shape index (κ3) is 5.86. The summed E-state index contributed by atoms with van der Waals surface area (Å²) in [6.07, 6.45) is 2.20. The molecule has 6 N–H and O–H groups in total. The number of nitrogens with zero attached hydrogens (tertiary/aromatic N) is 3. The van der Waals surface area contributed by atoms with Crippen LogP contribution in [0.25, 0.3) is 10.9 Å². The molecule has 3 amide bonds. The first-order valence-electron chi connectivity index (χ1n) is 12.8. The van der Waals surface area contributed by atoms with Crippen molar-refractivity contribution < 1.29 is 28.7 Å². The van der Waals surface area contributed by atoms with Gasteiger partial charge in [0.2, 0.25) is 11.8 Å². The quantitative estimate of drug-likeness (QED) is 0.256. The van der Waals surface area contributed by atoms with E-state index in [4.69, 9.17) is 28.2 Å². The molecule has 2 unspecified atom stereocenters. The monoisotopic (exact) mass is 570 g/mol. The maximum absolute atomic E-state index is 14.7. The molecule has 2 aromatic carbocycles. The van der Waals surface area contributed by atoms with Gasteiger partial charge in [-0.05, 0) is 60.9 Å². The number of nitrogens with two attached hydrogens (primary N) is 2. The van der Waals surface area contributed by atoms with E-state index in [-0.39, 0.29) is 66.1 Å². The van der Waals surface area contributed by atoms with E-state index >= 15 is 0 Å². The molecule has 2 atom stereocenters. The molecule has 0 aliphatic heterocycles. The highest BCUT2D eigenvalue weighted by Gasteiger charge is 2.40. The number of primary amides is 1. The summed E-state index contributed by atoms with van der Waals surface area (Å²) < 4.78 is 16.1. The molecule has 0 saturated heterocycles. The molecule has 2 saturated carbocycles. The number of halogens is 2. The molecule has 1 aromatic heterocycles. The molecular weight excluding hydrogens is 543 g/mol. The number of nitrogen functional groups attached to an aromatic ring is 1. The summed E-state index contributed by atoms with van der Waals surface area (Å²) in [5, 5.41) is 16.2. The van der Waals surface area contributed by atoms with Crippen molar-refractivity contribution >= 4 is 51.9 Å². The number of carbonyl (C=O) groups excluding carboxylic acids is 3. The van der Waals surface area contributed by atoms with Crippen LogP contribution < -0.4 is 16.8 Å². The predicted octanol–water partition coefficient (Wildman–Crippen LogP) is 2.40.